The quantitative estimate of drug-likeness (QED) is 0.497. The molecule has 3 aromatic carbocycles. The Morgan fingerprint density at radius 2 is 1.58 bits per heavy atom. The molecule has 0 aromatic heterocycles. The number of hydrogen-bond acceptors (Lipinski definition) is 2. The van der Waals surface area contributed by atoms with Gasteiger partial charge in [0.15, 0.2) is 0 Å². The Hall–Kier alpha value is -2.97. The number of hydrogen-bond donors (Lipinski definition) is 1. The zero-order valence-corrected chi connectivity index (χ0v) is 14.6. The Bertz CT molecular complexity index is 945. The molecular weight excluding hydrogens is 318 g/mol. The summed E-state index contributed by atoms with van der Waals surface area (Å²) in [4.78, 5) is 11.6. The maximum absolute atomic E-state index is 11.6. The molecule has 26 heavy (non-hydrogen) atoms. The van der Waals surface area contributed by atoms with Gasteiger partial charge in [0.25, 0.3) is 0 Å². The molecule has 2 heteroatoms. The van der Waals surface area contributed by atoms with Crippen LogP contribution in [0, 0.1) is 0 Å². The van der Waals surface area contributed by atoms with Crippen molar-refractivity contribution in [2.75, 3.05) is 0 Å². The number of nitrogens with one attached hydrogen (secondary N) is 1. The second-order valence-electron chi connectivity index (χ2n) is 6.59. The lowest BCUT2D eigenvalue weighted by atomic mass is 9.93. The van der Waals surface area contributed by atoms with E-state index in [2.05, 4.69) is 78.6 Å². The van der Waals surface area contributed by atoms with E-state index in [1.54, 1.807) is 6.08 Å². The number of fused-ring (bicyclic) bond motifs is 3. The third kappa shape index (κ3) is 2.79. The molecule has 0 radical (unpaired) electrons. The Morgan fingerprint density at radius 1 is 0.885 bits per heavy atom. The first kappa shape index (κ1) is 16.5. The SMILES string of the molecule is C=CCC(C=O)NC1c2ccccc2-c2cccc(-c3ccccc3)c21. The molecule has 0 heterocycles. The Balaban J connectivity index is 1.88. The predicted molar refractivity (Wildman–Crippen MR) is 107 cm³/mol. The fourth-order valence-electron chi connectivity index (χ4n) is 3.86. The van der Waals surface area contributed by atoms with Gasteiger partial charge in [0.05, 0.1) is 12.1 Å². The van der Waals surface area contributed by atoms with Crippen LogP contribution < -0.4 is 5.32 Å². The number of rotatable bonds is 6. The summed E-state index contributed by atoms with van der Waals surface area (Å²) in [5.41, 5.74) is 7.34. The average Bonchev–Trinajstić information content (AvgIpc) is 3.02. The van der Waals surface area contributed by atoms with E-state index < -0.39 is 0 Å². The number of carbonyl (C=O) groups is 1. The first-order valence-corrected chi connectivity index (χ1v) is 8.93. The second kappa shape index (κ2) is 7.11. The molecular formula is C24H21NO. The van der Waals surface area contributed by atoms with Crippen LogP contribution in [0.1, 0.15) is 23.6 Å². The number of benzene rings is 3. The van der Waals surface area contributed by atoms with Gasteiger partial charge >= 0.3 is 0 Å². The highest BCUT2D eigenvalue weighted by atomic mass is 16.1. The topological polar surface area (TPSA) is 29.1 Å². The van der Waals surface area contributed by atoms with E-state index in [4.69, 9.17) is 0 Å². The highest BCUT2D eigenvalue weighted by molar-refractivity contribution is 5.86. The molecule has 0 spiro atoms. The molecule has 2 atom stereocenters. The van der Waals surface area contributed by atoms with Gasteiger partial charge in [-0.05, 0) is 39.8 Å². The lowest BCUT2D eigenvalue weighted by Gasteiger charge is -2.22. The van der Waals surface area contributed by atoms with Crippen LogP contribution in [0.5, 0.6) is 0 Å². The van der Waals surface area contributed by atoms with Crippen molar-refractivity contribution in [1.29, 1.82) is 0 Å². The van der Waals surface area contributed by atoms with Gasteiger partial charge in [-0.15, -0.1) is 6.58 Å². The summed E-state index contributed by atoms with van der Waals surface area (Å²) in [5.74, 6) is 0. The van der Waals surface area contributed by atoms with E-state index in [1.807, 2.05) is 6.07 Å². The summed E-state index contributed by atoms with van der Waals surface area (Å²) in [6, 6.07) is 25.1. The first-order chi connectivity index (χ1) is 12.8. The molecule has 1 aliphatic carbocycles. The number of carbonyl (C=O) groups excluding carboxylic acids is 1. The van der Waals surface area contributed by atoms with E-state index >= 15 is 0 Å². The van der Waals surface area contributed by atoms with Crippen LogP contribution in [0.2, 0.25) is 0 Å². The predicted octanol–water partition coefficient (Wildman–Crippen LogP) is 5.16. The smallest absolute Gasteiger partial charge is 0.137 e. The van der Waals surface area contributed by atoms with Crippen molar-refractivity contribution in [2.24, 2.45) is 0 Å². The van der Waals surface area contributed by atoms with Crippen LogP contribution in [0.15, 0.2) is 85.5 Å². The maximum Gasteiger partial charge on any atom is 0.137 e. The number of aldehydes is 1. The molecule has 0 bridgehead atoms. The molecule has 0 aliphatic heterocycles. The molecule has 128 valence electrons. The zero-order valence-electron chi connectivity index (χ0n) is 14.6. The Labute approximate surface area is 154 Å². The highest BCUT2D eigenvalue weighted by Gasteiger charge is 2.31. The minimum absolute atomic E-state index is 0.00671. The summed E-state index contributed by atoms with van der Waals surface area (Å²) in [6.45, 7) is 3.78. The Kier molecular flexibility index (Phi) is 4.51. The molecule has 2 unspecified atom stereocenters. The third-order valence-electron chi connectivity index (χ3n) is 5.01. The Morgan fingerprint density at radius 3 is 2.35 bits per heavy atom. The van der Waals surface area contributed by atoms with Crippen molar-refractivity contribution in [3.63, 3.8) is 0 Å². The van der Waals surface area contributed by atoms with E-state index in [1.165, 1.54) is 33.4 Å². The van der Waals surface area contributed by atoms with E-state index in [-0.39, 0.29) is 12.1 Å². The van der Waals surface area contributed by atoms with Crippen LogP contribution in [0.25, 0.3) is 22.3 Å². The summed E-state index contributed by atoms with van der Waals surface area (Å²) >= 11 is 0. The fraction of sp³-hybridized carbons (Fsp3) is 0.125. The molecule has 1 N–H and O–H groups in total. The standard InChI is InChI=1S/C24H21NO/c1-2-9-18(16-26)25-24-22-13-7-6-12-20(22)21-15-8-14-19(23(21)24)17-10-4-3-5-11-17/h2-8,10-16,18,24-25H,1,9H2. The molecule has 4 rings (SSSR count). The van der Waals surface area contributed by atoms with Crippen LogP contribution in [-0.2, 0) is 4.79 Å². The molecule has 0 saturated carbocycles. The molecule has 0 fully saturated rings. The van der Waals surface area contributed by atoms with Crippen molar-refractivity contribution in [2.45, 2.75) is 18.5 Å². The summed E-state index contributed by atoms with van der Waals surface area (Å²) < 4.78 is 0. The van der Waals surface area contributed by atoms with E-state index in [0.717, 1.165) is 6.29 Å². The zero-order chi connectivity index (χ0) is 17.9. The maximum atomic E-state index is 11.6. The lowest BCUT2D eigenvalue weighted by Crippen LogP contribution is -2.33. The lowest BCUT2D eigenvalue weighted by molar-refractivity contribution is -0.109. The van der Waals surface area contributed by atoms with Crippen LogP contribution in [0.4, 0.5) is 0 Å². The average molecular weight is 339 g/mol. The van der Waals surface area contributed by atoms with Crippen LogP contribution in [-0.4, -0.2) is 12.3 Å². The van der Waals surface area contributed by atoms with Crippen molar-refractivity contribution < 1.29 is 4.79 Å². The van der Waals surface area contributed by atoms with E-state index in [9.17, 15) is 4.79 Å². The van der Waals surface area contributed by atoms with Gasteiger partial charge < -0.3 is 4.79 Å². The van der Waals surface area contributed by atoms with Gasteiger partial charge in [-0.3, -0.25) is 5.32 Å². The van der Waals surface area contributed by atoms with Gasteiger partial charge in [0, 0.05) is 0 Å². The normalized spacial score (nSPS) is 15.8. The van der Waals surface area contributed by atoms with E-state index in [0.29, 0.717) is 6.42 Å². The summed E-state index contributed by atoms with van der Waals surface area (Å²) in [5, 5.41) is 3.55. The summed E-state index contributed by atoms with van der Waals surface area (Å²) in [7, 11) is 0. The van der Waals surface area contributed by atoms with Gasteiger partial charge in [-0.2, -0.15) is 0 Å². The second-order valence-corrected chi connectivity index (χ2v) is 6.59. The van der Waals surface area contributed by atoms with Gasteiger partial charge in [0.1, 0.15) is 6.29 Å². The minimum Gasteiger partial charge on any atom is -0.302 e. The first-order valence-electron chi connectivity index (χ1n) is 8.93. The molecule has 0 amide bonds. The molecule has 2 nitrogen and oxygen atoms in total. The molecule has 0 saturated heterocycles. The molecule has 1 aliphatic rings. The monoisotopic (exact) mass is 339 g/mol. The van der Waals surface area contributed by atoms with Crippen LogP contribution >= 0.6 is 0 Å². The van der Waals surface area contributed by atoms with Gasteiger partial charge in [0.2, 0.25) is 0 Å². The largest absolute Gasteiger partial charge is 0.302 e. The van der Waals surface area contributed by atoms with Crippen molar-refractivity contribution >= 4 is 6.29 Å². The van der Waals surface area contributed by atoms with Crippen LogP contribution in [0.3, 0.4) is 0 Å². The fourth-order valence-corrected chi connectivity index (χ4v) is 3.86. The third-order valence-corrected chi connectivity index (χ3v) is 5.01. The minimum atomic E-state index is -0.250. The summed E-state index contributed by atoms with van der Waals surface area (Å²) in [6.07, 6.45) is 3.38. The van der Waals surface area contributed by atoms with Crippen molar-refractivity contribution in [3.8, 4) is 22.3 Å². The molecule has 3 aromatic rings. The van der Waals surface area contributed by atoms with Crippen molar-refractivity contribution in [1.82, 2.24) is 5.32 Å². The van der Waals surface area contributed by atoms with Gasteiger partial charge in [-0.1, -0.05) is 78.9 Å². The highest BCUT2D eigenvalue weighted by Crippen LogP contribution is 2.47. The van der Waals surface area contributed by atoms with Crippen molar-refractivity contribution in [3.05, 3.63) is 96.6 Å². The van der Waals surface area contributed by atoms with Gasteiger partial charge in [-0.25, -0.2) is 0 Å².